The van der Waals surface area contributed by atoms with Gasteiger partial charge in [-0.05, 0) is 55.4 Å². The van der Waals surface area contributed by atoms with Gasteiger partial charge in [0.05, 0.1) is 0 Å². The maximum Gasteiger partial charge on any atom is 0.261 e. The first-order valence-corrected chi connectivity index (χ1v) is 10.7. The third-order valence-corrected chi connectivity index (χ3v) is 5.97. The monoisotopic (exact) mass is 421 g/mol. The molecule has 1 aliphatic heterocycles. The van der Waals surface area contributed by atoms with E-state index in [1.165, 1.54) is 6.07 Å². The van der Waals surface area contributed by atoms with Crippen molar-refractivity contribution in [1.82, 2.24) is 9.88 Å². The second kappa shape index (κ2) is 8.13. The number of aromatic nitrogens is 1. The Morgan fingerprint density at radius 1 is 1.03 bits per heavy atom. The first kappa shape index (κ1) is 21.0. The number of rotatable bonds is 3. The number of benzene rings is 1. The Morgan fingerprint density at radius 2 is 1.77 bits per heavy atom. The van der Waals surface area contributed by atoms with E-state index in [9.17, 15) is 19.2 Å². The molecule has 2 amide bonds. The summed E-state index contributed by atoms with van der Waals surface area (Å²) in [5.74, 6) is -0.745. The number of carbonyl (C=O) groups excluding carboxylic acids is 3. The molecule has 0 bridgehead atoms. The van der Waals surface area contributed by atoms with Crippen molar-refractivity contribution >= 4 is 23.3 Å². The number of aromatic amines is 1. The van der Waals surface area contributed by atoms with Crippen LogP contribution < -0.4 is 10.9 Å². The lowest BCUT2D eigenvalue weighted by Gasteiger charge is -2.29. The number of carbonyl (C=O) groups is 3. The normalized spacial score (nSPS) is 17.7. The fraction of sp³-hybridized carbons (Fsp3) is 0.417. The molecule has 1 saturated heterocycles. The summed E-state index contributed by atoms with van der Waals surface area (Å²) >= 11 is 0. The van der Waals surface area contributed by atoms with E-state index in [0.29, 0.717) is 35.3 Å². The lowest BCUT2D eigenvalue weighted by Crippen LogP contribution is -2.35. The van der Waals surface area contributed by atoms with Crippen LogP contribution in [0.2, 0.25) is 0 Å². The topological polar surface area (TPSA) is 99.3 Å². The summed E-state index contributed by atoms with van der Waals surface area (Å²) in [7, 11) is 0. The van der Waals surface area contributed by atoms with E-state index in [0.717, 1.165) is 32.4 Å². The van der Waals surface area contributed by atoms with Crippen LogP contribution in [0.1, 0.15) is 76.3 Å². The van der Waals surface area contributed by atoms with Gasteiger partial charge in [-0.3, -0.25) is 19.2 Å². The van der Waals surface area contributed by atoms with E-state index in [-0.39, 0.29) is 22.7 Å². The average molecular weight is 421 g/mol. The van der Waals surface area contributed by atoms with Crippen LogP contribution in [0.25, 0.3) is 0 Å². The zero-order valence-electron chi connectivity index (χ0n) is 17.9. The lowest BCUT2D eigenvalue weighted by atomic mass is 9.75. The molecule has 1 aromatic heterocycles. The minimum atomic E-state index is -0.607. The summed E-state index contributed by atoms with van der Waals surface area (Å²) in [6.45, 7) is 5.44. The molecule has 162 valence electrons. The SMILES string of the molecule is CC1(C)CC(=O)c2cc(C(=O)Nc3cccc(C(=O)N4CCCCC4)c3)c(=O)[nH]c2C1. The Hall–Kier alpha value is -3.22. The molecule has 1 aliphatic carbocycles. The fourth-order valence-corrected chi connectivity index (χ4v) is 4.40. The Morgan fingerprint density at radius 3 is 2.52 bits per heavy atom. The summed E-state index contributed by atoms with van der Waals surface area (Å²) in [5, 5.41) is 2.69. The van der Waals surface area contributed by atoms with Crippen LogP contribution in [-0.2, 0) is 6.42 Å². The molecular weight excluding hydrogens is 394 g/mol. The number of pyridine rings is 1. The number of fused-ring (bicyclic) bond motifs is 1. The molecular formula is C24H27N3O4. The first-order chi connectivity index (χ1) is 14.7. The molecule has 0 saturated carbocycles. The van der Waals surface area contributed by atoms with Crippen molar-refractivity contribution in [3.05, 3.63) is 63.1 Å². The number of piperidine rings is 1. The number of amides is 2. The summed E-state index contributed by atoms with van der Waals surface area (Å²) < 4.78 is 0. The van der Waals surface area contributed by atoms with Crippen LogP contribution in [0, 0.1) is 5.41 Å². The van der Waals surface area contributed by atoms with Gasteiger partial charge in [0.1, 0.15) is 5.56 Å². The zero-order valence-corrected chi connectivity index (χ0v) is 17.9. The molecule has 1 aromatic carbocycles. The number of ketones is 1. The largest absolute Gasteiger partial charge is 0.339 e. The maximum absolute atomic E-state index is 12.8. The predicted octanol–water partition coefficient (Wildman–Crippen LogP) is 3.41. The molecule has 2 aliphatic rings. The minimum absolute atomic E-state index is 0.0596. The lowest BCUT2D eigenvalue weighted by molar-refractivity contribution is 0.0723. The molecule has 0 atom stereocenters. The van der Waals surface area contributed by atoms with Crippen molar-refractivity contribution in [2.45, 2.75) is 46.0 Å². The highest BCUT2D eigenvalue weighted by molar-refractivity contribution is 6.07. The van der Waals surface area contributed by atoms with Crippen molar-refractivity contribution in [3.63, 3.8) is 0 Å². The van der Waals surface area contributed by atoms with Crippen LogP contribution in [0.4, 0.5) is 5.69 Å². The highest BCUT2D eigenvalue weighted by atomic mass is 16.2. The average Bonchev–Trinajstić information content (AvgIpc) is 2.72. The summed E-state index contributed by atoms with van der Waals surface area (Å²) in [4.78, 5) is 55.1. The van der Waals surface area contributed by atoms with Gasteiger partial charge in [-0.2, -0.15) is 0 Å². The van der Waals surface area contributed by atoms with Gasteiger partial charge in [-0.25, -0.2) is 0 Å². The van der Waals surface area contributed by atoms with Crippen LogP contribution in [0.5, 0.6) is 0 Å². The fourth-order valence-electron chi connectivity index (χ4n) is 4.40. The molecule has 7 heteroatoms. The molecule has 0 unspecified atom stereocenters. The molecule has 0 radical (unpaired) electrons. The standard InChI is InChI=1S/C24H27N3O4/c1-24(2)13-19-17(20(28)14-24)12-18(22(30)26-19)21(29)25-16-8-6-7-15(11-16)23(31)27-9-4-3-5-10-27/h6-8,11-12H,3-5,9-10,13-14H2,1-2H3,(H,25,29)(H,26,30). The summed E-state index contributed by atoms with van der Waals surface area (Å²) in [6, 6.07) is 8.11. The number of H-pyrrole nitrogens is 1. The number of nitrogens with zero attached hydrogens (tertiary/aromatic N) is 1. The van der Waals surface area contributed by atoms with E-state index in [2.05, 4.69) is 10.3 Å². The summed E-state index contributed by atoms with van der Waals surface area (Å²) in [5.41, 5.74) is 1.05. The van der Waals surface area contributed by atoms with E-state index < -0.39 is 11.5 Å². The van der Waals surface area contributed by atoms with Gasteiger partial charge >= 0.3 is 0 Å². The van der Waals surface area contributed by atoms with Gasteiger partial charge < -0.3 is 15.2 Å². The van der Waals surface area contributed by atoms with E-state index in [1.807, 2.05) is 18.7 Å². The predicted molar refractivity (Wildman–Crippen MR) is 118 cm³/mol. The highest BCUT2D eigenvalue weighted by Gasteiger charge is 2.32. The van der Waals surface area contributed by atoms with Gasteiger partial charge in [0.2, 0.25) is 0 Å². The number of hydrogen-bond donors (Lipinski definition) is 2. The Labute approximate surface area is 180 Å². The maximum atomic E-state index is 12.8. The van der Waals surface area contributed by atoms with E-state index >= 15 is 0 Å². The number of anilines is 1. The molecule has 1 fully saturated rings. The van der Waals surface area contributed by atoms with Crippen molar-refractivity contribution in [3.8, 4) is 0 Å². The Bertz CT molecular complexity index is 1110. The minimum Gasteiger partial charge on any atom is -0.339 e. The number of likely N-dealkylation sites (tertiary alicyclic amines) is 1. The Balaban J connectivity index is 1.55. The van der Waals surface area contributed by atoms with Gasteiger partial charge in [-0.15, -0.1) is 0 Å². The van der Waals surface area contributed by atoms with Gasteiger partial charge in [0.25, 0.3) is 17.4 Å². The second-order valence-electron chi connectivity index (χ2n) is 9.23. The van der Waals surface area contributed by atoms with Crippen molar-refractivity contribution in [2.24, 2.45) is 5.41 Å². The second-order valence-corrected chi connectivity index (χ2v) is 9.23. The molecule has 4 rings (SSSR count). The van der Waals surface area contributed by atoms with Gasteiger partial charge in [0, 0.05) is 42.0 Å². The van der Waals surface area contributed by atoms with E-state index in [4.69, 9.17) is 0 Å². The van der Waals surface area contributed by atoms with Crippen molar-refractivity contribution in [2.75, 3.05) is 18.4 Å². The van der Waals surface area contributed by atoms with Gasteiger partial charge in [-0.1, -0.05) is 19.9 Å². The number of hydrogen-bond acceptors (Lipinski definition) is 4. The highest BCUT2D eigenvalue weighted by Crippen LogP contribution is 2.33. The van der Waals surface area contributed by atoms with Gasteiger partial charge in [0.15, 0.2) is 5.78 Å². The molecule has 7 nitrogen and oxygen atoms in total. The van der Waals surface area contributed by atoms with Crippen LogP contribution in [-0.4, -0.2) is 40.6 Å². The van der Waals surface area contributed by atoms with Crippen LogP contribution in [0.3, 0.4) is 0 Å². The third-order valence-electron chi connectivity index (χ3n) is 5.97. The van der Waals surface area contributed by atoms with Crippen LogP contribution >= 0.6 is 0 Å². The molecule has 2 N–H and O–H groups in total. The first-order valence-electron chi connectivity index (χ1n) is 10.7. The quantitative estimate of drug-likeness (QED) is 0.793. The summed E-state index contributed by atoms with van der Waals surface area (Å²) in [6.07, 6.45) is 4.08. The number of nitrogens with one attached hydrogen (secondary N) is 2. The zero-order chi connectivity index (χ0) is 22.2. The van der Waals surface area contributed by atoms with Crippen LogP contribution in [0.15, 0.2) is 35.1 Å². The molecule has 0 spiro atoms. The molecule has 2 heterocycles. The third kappa shape index (κ3) is 4.45. The molecule has 31 heavy (non-hydrogen) atoms. The Kier molecular flexibility index (Phi) is 5.52. The van der Waals surface area contributed by atoms with Crippen molar-refractivity contribution < 1.29 is 14.4 Å². The van der Waals surface area contributed by atoms with Crippen molar-refractivity contribution in [1.29, 1.82) is 0 Å². The number of Topliss-reactive ketones (excluding diaryl/α,β-unsaturated/α-hetero) is 1. The molecule has 2 aromatic rings. The smallest absolute Gasteiger partial charge is 0.261 e. The van der Waals surface area contributed by atoms with E-state index in [1.54, 1.807) is 24.3 Å².